The van der Waals surface area contributed by atoms with Crippen LogP contribution < -0.4 is 25.4 Å². The first-order chi connectivity index (χ1) is 16.6. The number of thiophene rings is 1. The Morgan fingerprint density at radius 3 is 2.50 bits per heavy atom. The normalized spacial score (nSPS) is 23.2. The number of hydrogen-bond donors (Lipinski definition) is 3. The number of rotatable bonds is 7. The van der Waals surface area contributed by atoms with Crippen molar-refractivity contribution in [3.05, 3.63) is 48.0 Å². The van der Waals surface area contributed by atoms with Gasteiger partial charge in [0.1, 0.15) is 23.7 Å². The molecule has 4 heterocycles. The van der Waals surface area contributed by atoms with Crippen molar-refractivity contribution in [1.82, 2.24) is 15.3 Å². The second-order valence-corrected chi connectivity index (χ2v) is 8.84. The third-order valence-electron chi connectivity index (χ3n) is 5.72. The van der Waals surface area contributed by atoms with Crippen LogP contribution in [0.25, 0.3) is 10.6 Å². The van der Waals surface area contributed by atoms with Crippen LogP contribution in [0.2, 0.25) is 0 Å². The number of ether oxygens (including phenoxy) is 4. The zero-order chi connectivity index (χ0) is 23.5. The third kappa shape index (κ3) is 4.76. The van der Waals surface area contributed by atoms with Crippen LogP contribution in [0.15, 0.2) is 48.0 Å². The Bertz CT molecular complexity index is 1120. The number of methoxy groups -OCH3 is 2. The van der Waals surface area contributed by atoms with Crippen LogP contribution in [0.5, 0.6) is 11.5 Å². The fraction of sp³-hybridized carbons (Fsp3) is 0.348. The average molecular weight is 484 g/mol. The number of nitrogens with one attached hydrogen (secondary N) is 3. The van der Waals surface area contributed by atoms with E-state index in [2.05, 4.69) is 25.9 Å². The van der Waals surface area contributed by atoms with Gasteiger partial charge in [-0.3, -0.25) is 0 Å². The Labute approximate surface area is 200 Å². The second-order valence-electron chi connectivity index (χ2n) is 7.90. The highest BCUT2D eigenvalue weighted by Crippen LogP contribution is 2.30. The van der Waals surface area contributed by atoms with E-state index in [4.69, 9.17) is 18.9 Å². The molecule has 4 atom stereocenters. The first kappa shape index (κ1) is 22.4. The highest BCUT2D eigenvalue weighted by molar-refractivity contribution is 7.13. The number of nitrogens with zero attached hydrogens (tertiary/aromatic N) is 2. The molecule has 3 aromatic rings. The Balaban J connectivity index is 1.19. The maximum atomic E-state index is 12.6. The van der Waals surface area contributed by atoms with Crippen molar-refractivity contribution < 1.29 is 23.7 Å². The highest BCUT2D eigenvalue weighted by atomic mass is 32.1. The summed E-state index contributed by atoms with van der Waals surface area (Å²) in [7, 11) is 3.11. The Morgan fingerprint density at radius 1 is 1.06 bits per heavy atom. The van der Waals surface area contributed by atoms with Crippen LogP contribution in [0, 0.1) is 0 Å². The van der Waals surface area contributed by atoms with E-state index in [-0.39, 0.29) is 30.3 Å². The summed E-state index contributed by atoms with van der Waals surface area (Å²) in [6.45, 7) is 0.771. The van der Waals surface area contributed by atoms with Crippen molar-refractivity contribution in [1.29, 1.82) is 0 Å². The van der Waals surface area contributed by atoms with Gasteiger partial charge in [-0.1, -0.05) is 6.07 Å². The van der Waals surface area contributed by atoms with Gasteiger partial charge in [-0.25, -0.2) is 14.8 Å². The summed E-state index contributed by atoms with van der Waals surface area (Å²) < 4.78 is 22.5. The van der Waals surface area contributed by atoms with E-state index < -0.39 is 0 Å². The summed E-state index contributed by atoms with van der Waals surface area (Å²) in [5, 5.41) is 11.1. The predicted octanol–water partition coefficient (Wildman–Crippen LogP) is 2.99. The van der Waals surface area contributed by atoms with Gasteiger partial charge >= 0.3 is 6.03 Å². The lowest BCUT2D eigenvalue weighted by Crippen LogP contribution is -2.46. The highest BCUT2D eigenvalue weighted by Gasteiger charge is 2.48. The number of carbonyl (C=O) groups excluding carboxylic acids is 1. The maximum absolute atomic E-state index is 12.6. The molecule has 2 aromatic heterocycles. The predicted molar refractivity (Wildman–Crippen MR) is 128 cm³/mol. The molecule has 1 aromatic carbocycles. The van der Waals surface area contributed by atoms with E-state index in [1.165, 1.54) is 0 Å². The topological polar surface area (TPSA) is 116 Å². The molecule has 0 unspecified atom stereocenters. The van der Waals surface area contributed by atoms with Gasteiger partial charge in [0, 0.05) is 30.1 Å². The smallest absolute Gasteiger partial charge is 0.319 e. The number of carbonyl (C=O) groups is 1. The summed E-state index contributed by atoms with van der Waals surface area (Å²) in [6, 6.07) is 10.3. The Hall–Kier alpha value is -3.41. The molecule has 2 saturated heterocycles. The standard InChI is InChI=1S/C23H25N5O5S/c1-30-14-8-13(9-15(10-14)31-2)25-23(29)28-18-12-33-20-17(11-32-21(18)20)27-22-24-6-5-16(26-22)19-4-3-7-34-19/h3-10,17-18,20-21H,11-12H2,1-2H3,(H,24,26,27)(H2,25,28,29)/t17-,18+,20-,21+/m0/s1. The van der Waals surface area contributed by atoms with Crippen LogP contribution in [0.3, 0.4) is 0 Å². The van der Waals surface area contributed by atoms with Gasteiger partial charge in [0.25, 0.3) is 0 Å². The van der Waals surface area contributed by atoms with Crippen LogP contribution >= 0.6 is 11.3 Å². The number of anilines is 2. The molecule has 5 rings (SSSR count). The van der Waals surface area contributed by atoms with Gasteiger partial charge in [0.2, 0.25) is 5.95 Å². The van der Waals surface area contributed by atoms with Crippen LogP contribution in [-0.4, -0.2) is 67.7 Å². The van der Waals surface area contributed by atoms with E-state index >= 15 is 0 Å². The summed E-state index contributed by atoms with van der Waals surface area (Å²) in [5.74, 6) is 1.68. The van der Waals surface area contributed by atoms with Crippen molar-refractivity contribution in [2.24, 2.45) is 0 Å². The molecule has 10 nitrogen and oxygen atoms in total. The molecule has 2 amide bonds. The van der Waals surface area contributed by atoms with Crippen LogP contribution in [0.1, 0.15) is 0 Å². The molecule has 2 fully saturated rings. The second kappa shape index (κ2) is 9.84. The maximum Gasteiger partial charge on any atom is 0.319 e. The van der Waals surface area contributed by atoms with E-state index in [0.717, 1.165) is 10.6 Å². The first-order valence-corrected chi connectivity index (χ1v) is 11.7. The van der Waals surface area contributed by atoms with E-state index in [9.17, 15) is 4.79 Å². The van der Waals surface area contributed by atoms with E-state index in [1.807, 2.05) is 23.6 Å². The first-order valence-electron chi connectivity index (χ1n) is 10.8. The summed E-state index contributed by atoms with van der Waals surface area (Å²) >= 11 is 1.63. The number of hydrogen-bond acceptors (Lipinski definition) is 9. The average Bonchev–Trinajstić information content (AvgIpc) is 3.60. The number of fused-ring (bicyclic) bond motifs is 1. The van der Waals surface area contributed by atoms with Gasteiger partial charge in [0.15, 0.2) is 0 Å². The largest absolute Gasteiger partial charge is 0.497 e. The molecule has 178 valence electrons. The Morgan fingerprint density at radius 2 is 1.79 bits per heavy atom. The SMILES string of the molecule is COc1cc(NC(=O)N[C@@H]2CO[C@@H]3[C@@H]2OC[C@@H]3Nc2nccc(-c3cccs3)n2)cc(OC)c1. The third-order valence-corrected chi connectivity index (χ3v) is 6.62. The zero-order valence-corrected chi connectivity index (χ0v) is 19.5. The minimum atomic E-state index is -0.364. The molecule has 0 aliphatic carbocycles. The number of benzene rings is 1. The van der Waals surface area contributed by atoms with Crippen molar-refractivity contribution in [2.75, 3.05) is 38.1 Å². The molecule has 2 aliphatic heterocycles. The van der Waals surface area contributed by atoms with Crippen molar-refractivity contribution >= 4 is 29.0 Å². The van der Waals surface area contributed by atoms with Crippen LogP contribution in [-0.2, 0) is 9.47 Å². The Kier molecular flexibility index (Phi) is 6.48. The molecular formula is C23H25N5O5S. The minimum Gasteiger partial charge on any atom is -0.497 e. The lowest BCUT2D eigenvalue weighted by Gasteiger charge is -2.19. The van der Waals surface area contributed by atoms with Crippen LogP contribution in [0.4, 0.5) is 16.4 Å². The molecule has 0 spiro atoms. The monoisotopic (exact) mass is 483 g/mol. The fourth-order valence-electron chi connectivity index (χ4n) is 4.12. The van der Waals surface area contributed by atoms with E-state index in [1.54, 1.807) is 50.0 Å². The lowest BCUT2D eigenvalue weighted by atomic mass is 10.1. The molecule has 11 heteroatoms. The van der Waals surface area contributed by atoms with Crippen molar-refractivity contribution in [3.63, 3.8) is 0 Å². The lowest BCUT2D eigenvalue weighted by molar-refractivity contribution is 0.0683. The molecule has 2 aliphatic rings. The number of amides is 2. The molecule has 0 bridgehead atoms. The number of urea groups is 1. The summed E-state index contributed by atoms with van der Waals surface area (Å²) in [6.07, 6.45) is 1.23. The minimum absolute atomic E-state index is 0.124. The molecule has 3 N–H and O–H groups in total. The van der Waals surface area contributed by atoms with Gasteiger partial charge in [-0.05, 0) is 17.5 Å². The van der Waals surface area contributed by atoms with Crippen molar-refractivity contribution in [2.45, 2.75) is 24.3 Å². The summed E-state index contributed by atoms with van der Waals surface area (Å²) in [4.78, 5) is 22.7. The zero-order valence-electron chi connectivity index (χ0n) is 18.7. The fourth-order valence-corrected chi connectivity index (χ4v) is 4.81. The molecule has 0 radical (unpaired) electrons. The van der Waals surface area contributed by atoms with Gasteiger partial charge in [-0.2, -0.15) is 0 Å². The van der Waals surface area contributed by atoms with Gasteiger partial charge in [0.05, 0.1) is 50.1 Å². The number of aromatic nitrogens is 2. The van der Waals surface area contributed by atoms with Gasteiger partial charge < -0.3 is 34.9 Å². The molecule has 0 saturated carbocycles. The summed E-state index contributed by atoms with van der Waals surface area (Å²) in [5.41, 5.74) is 1.42. The van der Waals surface area contributed by atoms with Crippen molar-refractivity contribution in [3.8, 4) is 22.1 Å². The van der Waals surface area contributed by atoms with Gasteiger partial charge in [-0.15, -0.1) is 11.3 Å². The van der Waals surface area contributed by atoms with E-state index in [0.29, 0.717) is 36.3 Å². The molecular weight excluding hydrogens is 458 g/mol. The quantitative estimate of drug-likeness (QED) is 0.470. The molecule has 34 heavy (non-hydrogen) atoms.